The van der Waals surface area contributed by atoms with Gasteiger partial charge in [0.1, 0.15) is 0 Å². The highest BCUT2D eigenvalue weighted by atomic mass is 28.3. The molecule has 12 aromatic rings. The molecule has 1 aromatic heterocycles. The minimum absolute atomic E-state index is 0.121. The topological polar surface area (TPSA) is 16.1 Å². The molecule has 2 heterocycles. The normalized spacial score (nSPS) is 12.2. The summed E-state index contributed by atoms with van der Waals surface area (Å²) in [5, 5.41) is 5.28. The van der Waals surface area contributed by atoms with Crippen molar-refractivity contribution in [3.05, 3.63) is 344 Å². The lowest BCUT2D eigenvalue weighted by Gasteiger charge is -2.39. The summed E-state index contributed by atoms with van der Waals surface area (Å²) in [5.74, 6) is 0. The molecule has 0 aliphatic carbocycles. The van der Waals surface area contributed by atoms with Crippen molar-refractivity contribution in [2.24, 2.45) is 0 Å². The SMILES string of the molecule is c1ccc(B2c3ccccc3-c3ccccc3N2c2cc(-c3cccc(C(c4ccccc4)(c4ccccc4)c4ccccc4)c3)nc(-c3cccc([Si](c4ccccc4)(c4ccccc4)c4ccccc4)c3)c2)cc1. The molecule has 0 saturated heterocycles. The van der Waals surface area contributed by atoms with Crippen LogP contribution < -0.4 is 36.5 Å². The van der Waals surface area contributed by atoms with Gasteiger partial charge in [-0.25, -0.2) is 4.98 Å². The van der Waals surface area contributed by atoms with Crippen molar-refractivity contribution in [2.45, 2.75) is 5.41 Å². The van der Waals surface area contributed by atoms with Crippen molar-refractivity contribution in [1.29, 1.82) is 0 Å². The molecule has 4 heteroatoms. The summed E-state index contributed by atoms with van der Waals surface area (Å²) in [6, 6.07) is 118. The van der Waals surface area contributed by atoms with Gasteiger partial charge < -0.3 is 4.81 Å². The zero-order valence-electron chi connectivity index (χ0n) is 42.1. The lowest BCUT2D eigenvalue weighted by atomic mass is 9.46. The van der Waals surface area contributed by atoms with Gasteiger partial charge in [-0.2, -0.15) is 0 Å². The summed E-state index contributed by atoms with van der Waals surface area (Å²) in [6.45, 7) is -0.121. The van der Waals surface area contributed by atoms with Crippen LogP contribution >= 0.6 is 0 Å². The Balaban J connectivity index is 1.09. The van der Waals surface area contributed by atoms with E-state index in [4.69, 9.17) is 4.98 Å². The highest BCUT2D eigenvalue weighted by molar-refractivity contribution is 7.20. The predicted molar refractivity (Wildman–Crippen MR) is 323 cm³/mol. The van der Waals surface area contributed by atoms with Crippen LogP contribution in [0.15, 0.2) is 322 Å². The van der Waals surface area contributed by atoms with E-state index in [0.29, 0.717) is 0 Å². The molecule has 1 aliphatic rings. The van der Waals surface area contributed by atoms with Crippen LogP contribution in [-0.4, -0.2) is 19.9 Å². The highest BCUT2D eigenvalue weighted by Crippen LogP contribution is 2.47. The number of para-hydroxylation sites is 1. The van der Waals surface area contributed by atoms with E-state index < -0.39 is 13.5 Å². The molecule has 358 valence electrons. The van der Waals surface area contributed by atoms with Gasteiger partial charge in [0.15, 0.2) is 8.07 Å². The van der Waals surface area contributed by atoms with Crippen molar-refractivity contribution >= 4 is 58.0 Å². The van der Waals surface area contributed by atoms with E-state index in [9.17, 15) is 0 Å². The minimum atomic E-state index is -2.89. The lowest BCUT2D eigenvalue weighted by molar-refractivity contribution is 0.745. The first-order valence-corrected chi connectivity index (χ1v) is 28.3. The summed E-state index contributed by atoms with van der Waals surface area (Å²) in [7, 11) is -2.89. The molecule has 0 spiro atoms. The first-order chi connectivity index (χ1) is 37.7. The molecule has 0 amide bonds. The Morgan fingerprint density at radius 1 is 0.316 bits per heavy atom. The van der Waals surface area contributed by atoms with Gasteiger partial charge in [0, 0.05) is 28.1 Å². The Morgan fingerprint density at radius 2 is 0.711 bits per heavy atom. The second kappa shape index (κ2) is 20.2. The first kappa shape index (κ1) is 46.4. The summed E-state index contributed by atoms with van der Waals surface area (Å²) < 4.78 is 0. The van der Waals surface area contributed by atoms with Gasteiger partial charge in [0.25, 0.3) is 0 Å². The van der Waals surface area contributed by atoms with E-state index in [1.807, 2.05) is 0 Å². The zero-order chi connectivity index (χ0) is 50.7. The fourth-order valence-corrected chi connectivity index (χ4v) is 17.1. The molecule has 2 nitrogen and oxygen atoms in total. The van der Waals surface area contributed by atoms with Crippen molar-refractivity contribution < 1.29 is 0 Å². The minimum Gasteiger partial charge on any atom is -0.376 e. The van der Waals surface area contributed by atoms with Gasteiger partial charge in [0.05, 0.1) is 16.8 Å². The molecule has 0 radical (unpaired) electrons. The monoisotopic (exact) mass is 984 g/mol. The number of pyridine rings is 1. The Labute approximate surface area is 448 Å². The maximum absolute atomic E-state index is 5.84. The number of fused-ring (bicyclic) bond motifs is 3. The Hall–Kier alpha value is -9.35. The molecule has 11 aromatic carbocycles. The molecule has 13 rings (SSSR count). The number of benzene rings is 11. The molecule has 0 N–H and O–H groups in total. The van der Waals surface area contributed by atoms with E-state index in [2.05, 4.69) is 326 Å². The van der Waals surface area contributed by atoms with E-state index in [0.717, 1.165) is 39.5 Å². The molecule has 0 atom stereocenters. The van der Waals surface area contributed by atoms with Crippen molar-refractivity contribution in [2.75, 3.05) is 4.81 Å². The number of anilines is 2. The van der Waals surface area contributed by atoms with Crippen LogP contribution in [0.3, 0.4) is 0 Å². The Bertz CT molecular complexity index is 3550. The third-order valence-corrected chi connectivity index (χ3v) is 20.4. The van der Waals surface area contributed by atoms with Crippen LogP contribution in [0.2, 0.25) is 0 Å². The molecule has 0 bridgehead atoms. The average molecular weight is 985 g/mol. The molecule has 0 unspecified atom stereocenters. The number of nitrogens with zero attached hydrogens (tertiary/aromatic N) is 2. The largest absolute Gasteiger partial charge is 0.376 e. The fourth-order valence-electron chi connectivity index (χ4n) is 12.3. The molecular weight excluding hydrogens is 932 g/mol. The van der Waals surface area contributed by atoms with E-state index in [-0.39, 0.29) is 6.85 Å². The smallest absolute Gasteiger partial charge is 0.328 e. The lowest BCUT2D eigenvalue weighted by Crippen LogP contribution is -2.74. The number of aromatic nitrogens is 1. The Morgan fingerprint density at radius 3 is 1.24 bits per heavy atom. The predicted octanol–water partition coefficient (Wildman–Crippen LogP) is 13.1. The summed E-state index contributed by atoms with van der Waals surface area (Å²) in [4.78, 5) is 8.40. The second-order valence-electron chi connectivity index (χ2n) is 19.7. The van der Waals surface area contributed by atoms with Crippen molar-refractivity contribution in [3.63, 3.8) is 0 Å². The first-order valence-electron chi connectivity index (χ1n) is 26.3. The van der Waals surface area contributed by atoms with Gasteiger partial charge in [0.2, 0.25) is 0 Å². The summed E-state index contributed by atoms with van der Waals surface area (Å²) in [6.07, 6.45) is 0. The van der Waals surface area contributed by atoms with Gasteiger partial charge in [-0.1, -0.05) is 303 Å². The van der Waals surface area contributed by atoms with Gasteiger partial charge >= 0.3 is 6.85 Å². The van der Waals surface area contributed by atoms with Crippen molar-refractivity contribution in [3.8, 4) is 33.6 Å². The van der Waals surface area contributed by atoms with Crippen LogP contribution in [0.5, 0.6) is 0 Å². The zero-order valence-corrected chi connectivity index (χ0v) is 43.1. The van der Waals surface area contributed by atoms with Gasteiger partial charge in [-0.15, -0.1) is 0 Å². The van der Waals surface area contributed by atoms with Crippen LogP contribution in [0.25, 0.3) is 33.6 Å². The number of hydrogen-bond acceptors (Lipinski definition) is 2. The van der Waals surface area contributed by atoms with E-state index in [1.165, 1.54) is 59.5 Å². The Kier molecular flexibility index (Phi) is 12.3. The third kappa shape index (κ3) is 8.03. The fraction of sp³-hybridized carbons (Fsp3) is 0.0139. The molecule has 76 heavy (non-hydrogen) atoms. The van der Waals surface area contributed by atoms with Crippen LogP contribution in [0.4, 0.5) is 11.4 Å². The number of hydrogen-bond donors (Lipinski definition) is 0. The molecular formula is C72H53BN2Si. The molecule has 0 fully saturated rings. The van der Waals surface area contributed by atoms with Crippen molar-refractivity contribution in [1.82, 2.24) is 4.98 Å². The van der Waals surface area contributed by atoms with Gasteiger partial charge in [-0.3, -0.25) is 0 Å². The summed E-state index contributed by atoms with van der Waals surface area (Å²) >= 11 is 0. The van der Waals surface area contributed by atoms with E-state index >= 15 is 0 Å². The van der Waals surface area contributed by atoms with E-state index in [1.54, 1.807) is 0 Å². The van der Waals surface area contributed by atoms with Crippen LogP contribution in [0.1, 0.15) is 22.3 Å². The summed E-state index contributed by atoms with van der Waals surface area (Å²) in [5.41, 5.74) is 15.2. The standard InChI is InChI=1S/C72H53BN2Si/c1-8-30-56(31-9-1)72(57-32-10-2-11-33-57,58-34-12-3-13-35-58)59-36-26-28-54(50-59)69-52-61(75-71-49-25-23-47-67(71)66-46-22-24-48-68(66)73(75)60-37-14-4-15-38-60)53-70(74-69)55-29-27-45-65(51-55)76(62-39-16-5-17-40-62,63-41-18-6-19-42-63)64-43-20-7-21-44-64/h1-53H. The van der Waals surface area contributed by atoms with Gasteiger partial charge in [-0.05, 0) is 78.3 Å². The quantitative estimate of drug-likeness (QED) is 0.0896. The highest BCUT2D eigenvalue weighted by Gasteiger charge is 2.43. The van der Waals surface area contributed by atoms with Crippen LogP contribution in [0, 0.1) is 0 Å². The molecule has 1 aliphatic heterocycles. The second-order valence-corrected chi connectivity index (χ2v) is 23.6. The van der Waals surface area contributed by atoms with Crippen LogP contribution in [-0.2, 0) is 5.41 Å². The molecule has 0 saturated carbocycles. The number of rotatable bonds is 12. The maximum atomic E-state index is 5.84. The average Bonchev–Trinajstić information content (AvgIpc) is 3.63. The maximum Gasteiger partial charge on any atom is 0.328 e. The third-order valence-electron chi connectivity index (χ3n) is 15.6.